The summed E-state index contributed by atoms with van der Waals surface area (Å²) in [7, 11) is 3.75. The lowest BCUT2D eigenvalue weighted by Gasteiger charge is -2.42. The zero-order valence-electron chi connectivity index (χ0n) is 22.5. The lowest BCUT2D eigenvalue weighted by Crippen LogP contribution is -2.53. The average molecular weight is 564 g/mol. The summed E-state index contributed by atoms with van der Waals surface area (Å²) in [6.45, 7) is 5.72. The molecule has 2 amide bonds. The van der Waals surface area contributed by atoms with Gasteiger partial charge in [-0.3, -0.25) is 14.5 Å². The van der Waals surface area contributed by atoms with Gasteiger partial charge < -0.3 is 14.7 Å². The molecule has 0 saturated carbocycles. The molecule has 3 aliphatic heterocycles. The highest BCUT2D eigenvalue weighted by Crippen LogP contribution is 2.43. The van der Waals surface area contributed by atoms with Crippen LogP contribution in [-0.2, 0) is 15.8 Å². The van der Waals surface area contributed by atoms with E-state index in [2.05, 4.69) is 28.8 Å². The van der Waals surface area contributed by atoms with Crippen LogP contribution >= 0.6 is 11.6 Å². The Morgan fingerprint density at radius 3 is 2.59 bits per heavy atom. The molecule has 2 saturated heterocycles. The van der Waals surface area contributed by atoms with Crippen molar-refractivity contribution >= 4 is 40.6 Å². The van der Waals surface area contributed by atoms with Gasteiger partial charge in [0.05, 0.1) is 22.0 Å². The van der Waals surface area contributed by atoms with E-state index in [-0.39, 0.29) is 23.8 Å². The Labute approximate surface area is 231 Å². The highest BCUT2D eigenvalue weighted by atomic mass is 35.5. The number of rotatable bonds is 3. The van der Waals surface area contributed by atoms with Crippen molar-refractivity contribution in [2.75, 3.05) is 48.4 Å². The monoisotopic (exact) mass is 563 g/mol. The second-order valence-electron chi connectivity index (χ2n) is 11.2. The third-order valence-electron chi connectivity index (χ3n) is 8.42. The van der Waals surface area contributed by atoms with Crippen molar-refractivity contribution in [2.24, 2.45) is 11.8 Å². The molecule has 0 radical (unpaired) electrons. The quantitative estimate of drug-likeness (QED) is 0.526. The van der Waals surface area contributed by atoms with Gasteiger partial charge in [-0.05, 0) is 70.5 Å². The summed E-state index contributed by atoms with van der Waals surface area (Å²) in [5.74, 6) is -0.997. The molecule has 11 heteroatoms. The number of hydrogen-bond donors (Lipinski definition) is 0. The lowest BCUT2D eigenvalue weighted by atomic mass is 9.90. The van der Waals surface area contributed by atoms with Crippen molar-refractivity contribution in [3.63, 3.8) is 0 Å². The molecule has 210 valence electrons. The number of nitrogens with zero attached hydrogens (tertiary/aromatic N) is 5. The Kier molecular flexibility index (Phi) is 7.30. The molecule has 0 aliphatic carbocycles. The standard InChI is InChI=1S/C28H33ClF3N5O2/c1-16-10-20(28(30,31)32)13-23(33-16)37-24(38)12-19-15-36(14-18-8-9-34(3)17(2)11-18)26-21(29)6-5-7-22(26)35(4)27(39)25(19)37/h5-7,10,13,17-19,25H,8-9,11-12,14-15H2,1-4H3/t17-,18+,19+,25-/m0/s1. The Morgan fingerprint density at radius 1 is 1.15 bits per heavy atom. The number of halogens is 4. The van der Waals surface area contributed by atoms with Crippen LogP contribution in [0, 0.1) is 18.8 Å². The van der Waals surface area contributed by atoms with E-state index in [9.17, 15) is 22.8 Å². The summed E-state index contributed by atoms with van der Waals surface area (Å²) in [5.41, 5.74) is 0.583. The van der Waals surface area contributed by atoms with Crippen LogP contribution in [0.4, 0.5) is 30.4 Å². The first kappa shape index (κ1) is 27.7. The fourth-order valence-corrected chi connectivity index (χ4v) is 6.58. The van der Waals surface area contributed by atoms with Crippen LogP contribution in [0.1, 0.15) is 37.4 Å². The Balaban J connectivity index is 1.56. The molecule has 0 bridgehead atoms. The summed E-state index contributed by atoms with van der Waals surface area (Å²) < 4.78 is 40.9. The summed E-state index contributed by atoms with van der Waals surface area (Å²) >= 11 is 6.74. The van der Waals surface area contributed by atoms with E-state index in [1.807, 2.05) is 6.07 Å². The smallest absolute Gasteiger partial charge is 0.368 e. The Hall–Kier alpha value is -2.85. The van der Waals surface area contributed by atoms with Crippen LogP contribution in [0.2, 0.25) is 5.02 Å². The van der Waals surface area contributed by atoms with Gasteiger partial charge in [-0.15, -0.1) is 0 Å². The van der Waals surface area contributed by atoms with E-state index in [1.54, 1.807) is 19.2 Å². The van der Waals surface area contributed by atoms with Crippen LogP contribution < -0.4 is 14.7 Å². The minimum absolute atomic E-state index is 0.0291. The summed E-state index contributed by atoms with van der Waals surface area (Å²) in [6.07, 6.45) is -2.56. The molecule has 39 heavy (non-hydrogen) atoms. The number of anilines is 3. The normalized spacial score (nSPS) is 26.4. The van der Waals surface area contributed by atoms with Crippen molar-refractivity contribution in [1.82, 2.24) is 9.88 Å². The number of para-hydroxylation sites is 1. The van der Waals surface area contributed by atoms with E-state index in [4.69, 9.17) is 11.6 Å². The van der Waals surface area contributed by atoms with Gasteiger partial charge in [0.15, 0.2) is 0 Å². The molecule has 7 nitrogen and oxygen atoms in total. The van der Waals surface area contributed by atoms with E-state index >= 15 is 0 Å². The third-order valence-corrected chi connectivity index (χ3v) is 8.73. The number of aryl methyl sites for hydroxylation is 1. The minimum Gasteiger partial charge on any atom is -0.368 e. The van der Waals surface area contributed by atoms with Crippen LogP contribution in [0.3, 0.4) is 0 Å². The number of pyridine rings is 1. The topological polar surface area (TPSA) is 60.0 Å². The predicted molar refractivity (Wildman–Crippen MR) is 145 cm³/mol. The van der Waals surface area contributed by atoms with Crippen molar-refractivity contribution < 1.29 is 22.8 Å². The Bertz CT molecular complexity index is 1290. The first-order valence-corrected chi connectivity index (χ1v) is 13.6. The van der Waals surface area contributed by atoms with Crippen LogP contribution in [0.5, 0.6) is 0 Å². The molecule has 4 heterocycles. The number of hydrogen-bond acceptors (Lipinski definition) is 5. The summed E-state index contributed by atoms with van der Waals surface area (Å²) in [5, 5.41) is 0.517. The van der Waals surface area contributed by atoms with Crippen molar-refractivity contribution in [1.29, 1.82) is 0 Å². The zero-order chi connectivity index (χ0) is 28.2. The molecular formula is C28H33ClF3N5O2. The second kappa shape index (κ2) is 10.3. The number of aromatic nitrogens is 1. The van der Waals surface area contributed by atoms with Gasteiger partial charge in [0, 0.05) is 44.2 Å². The molecule has 1 aromatic heterocycles. The number of amides is 2. The molecule has 4 atom stereocenters. The van der Waals surface area contributed by atoms with Crippen molar-refractivity contribution in [3.05, 3.63) is 46.6 Å². The number of carbonyl (C=O) groups is 2. The van der Waals surface area contributed by atoms with Gasteiger partial charge in [0.25, 0.3) is 0 Å². The molecule has 0 spiro atoms. The van der Waals surface area contributed by atoms with Gasteiger partial charge in [-0.1, -0.05) is 17.7 Å². The number of alkyl halides is 3. The molecule has 2 fully saturated rings. The molecular weight excluding hydrogens is 531 g/mol. The average Bonchev–Trinajstić information content (AvgIpc) is 3.18. The second-order valence-corrected chi connectivity index (χ2v) is 11.6. The van der Waals surface area contributed by atoms with Gasteiger partial charge in [0.2, 0.25) is 11.8 Å². The fraction of sp³-hybridized carbons (Fsp3) is 0.536. The number of carbonyl (C=O) groups excluding carboxylic acids is 2. The van der Waals surface area contributed by atoms with Gasteiger partial charge in [0.1, 0.15) is 11.9 Å². The van der Waals surface area contributed by atoms with Crippen LogP contribution in [0.25, 0.3) is 0 Å². The molecule has 1 aromatic carbocycles. The summed E-state index contributed by atoms with van der Waals surface area (Å²) in [6, 6.07) is 6.64. The third kappa shape index (κ3) is 5.20. The van der Waals surface area contributed by atoms with E-state index < -0.39 is 29.6 Å². The largest absolute Gasteiger partial charge is 0.416 e. The van der Waals surface area contributed by atoms with Gasteiger partial charge in [-0.2, -0.15) is 13.2 Å². The molecule has 3 aliphatic rings. The fourth-order valence-electron chi connectivity index (χ4n) is 6.29. The maximum atomic E-state index is 13.9. The molecule has 2 aromatic rings. The van der Waals surface area contributed by atoms with Gasteiger partial charge >= 0.3 is 6.18 Å². The van der Waals surface area contributed by atoms with E-state index in [1.165, 1.54) is 16.7 Å². The van der Waals surface area contributed by atoms with Crippen LogP contribution in [0.15, 0.2) is 30.3 Å². The van der Waals surface area contributed by atoms with E-state index in [0.29, 0.717) is 35.8 Å². The summed E-state index contributed by atoms with van der Waals surface area (Å²) in [4.78, 5) is 38.8. The SMILES string of the molecule is Cc1cc(C(F)(F)F)cc(N2C(=O)C[C@@H]3CN(C[C@@H]4CCN(C)[C@@H](C)C4)c4c(Cl)cccc4N(C)C(=O)[C@H]32)n1. The maximum absolute atomic E-state index is 13.9. The van der Waals surface area contributed by atoms with Crippen molar-refractivity contribution in [2.45, 2.75) is 51.4 Å². The predicted octanol–water partition coefficient (Wildman–Crippen LogP) is 5.00. The number of likely N-dealkylation sites (N-methyl/N-ethyl adjacent to an activating group) is 1. The zero-order valence-corrected chi connectivity index (χ0v) is 23.3. The first-order chi connectivity index (χ1) is 18.3. The van der Waals surface area contributed by atoms with Crippen molar-refractivity contribution in [3.8, 4) is 0 Å². The highest BCUT2D eigenvalue weighted by molar-refractivity contribution is 6.34. The highest BCUT2D eigenvalue weighted by Gasteiger charge is 2.49. The van der Waals surface area contributed by atoms with E-state index in [0.717, 1.165) is 37.2 Å². The molecule has 0 unspecified atom stereocenters. The number of likely N-dealkylation sites (tertiary alicyclic amines) is 1. The molecule has 5 rings (SSSR count). The lowest BCUT2D eigenvalue weighted by molar-refractivity contribution is -0.137. The van der Waals surface area contributed by atoms with Gasteiger partial charge in [-0.25, -0.2) is 4.98 Å². The maximum Gasteiger partial charge on any atom is 0.416 e. The number of fused-ring (bicyclic) bond motifs is 2. The first-order valence-electron chi connectivity index (χ1n) is 13.2. The van der Waals surface area contributed by atoms with Crippen LogP contribution in [-0.4, -0.2) is 67.5 Å². The number of benzene rings is 1. The number of piperidine rings is 1. The minimum atomic E-state index is -4.61. The molecule has 0 N–H and O–H groups in total. The Morgan fingerprint density at radius 2 is 1.90 bits per heavy atom.